The van der Waals surface area contributed by atoms with Gasteiger partial charge in [0.15, 0.2) is 0 Å². The first-order valence-corrected chi connectivity index (χ1v) is 4.28. The lowest BCUT2D eigenvalue weighted by atomic mass is 10.3. The topological polar surface area (TPSA) is 42.1 Å². The Kier molecular flexibility index (Phi) is 3.51. The highest BCUT2D eigenvalue weighted by Gasteiger charge is 2.19. The van der Waals surface area contributed by atoms with Crippen LogP contribution in [0.15, 0.2) is 24.4 Å². The van der Waals surface area contributed by atoms with Gasteiger partial charge in [-0.05, 0) is 18.6 Å². The van der Waals surface area contributed by atoms with Crippen molar-refractivity contribution in [3.8, 4) is 0 Å². The van der Waals surface area contributed by atoms with Crippen LogP contribution in [0.1, 0.15) is 6.42 Å². The van der Waals surface area contributed by atoms with Crippen molar-refractivity contribution in [3.63, 3.8) is 0 Å². The molecule has 13 heavy (non-hydrogen) atoms. The minimum absolute atomic E-state index is 0. The van der Waals surface area contributed by atoms with Gasteiger partial charge >= 0.3 is 0 Å². The molecule has 4 heteroatoms. The van der Waals surface area contributed by atoms with Gasteiger partial charge < -0.3 is 10.6 Å². The summed E-state index contributed by atoms with van der Waals surface area (Å²) in [4.78, 5) is 6.49. The van der Waals surface area contributed by atoms with Crippen LogP contribution in [0.3, 0.4) is 0 Å². The molecule has 0 amide bonds. The van der Waals surface area contributed by atoms with E-state index in [1.165, 1.54) is 0 Å². The molecular formula is C9H14ClN3. The number of halogens is 1. The Morgan fingerprint density at radius 3 is 2.85 bits per heavy atom. The zero-order valence-corrected chi connectivity index (χ0v) is 8.20. The van der Waals surface area contributed by atoms with Crippen LogP contribution >= 0.6 is 12.4 Å². The molecule has 1 saturated heterocycles. The van der Waals surface area contributed by atoms with E-state index < -0.39 is 0 Å². The van der Waals surface area contributed by atoms with E-state index in [-0.39, 0.29) is 12.4 Å². The molecule has 0 spiro atoms. The highest BCUT2D eigenvalue weighted by Crippen LogP contribution is 2.15. The molecule has 2 N–H and O–H groups in total. The fourth-order valence-corrected chi connectivity index (χ4v) is 1.54. The van der Waals surface area contributed by atoms with Crippen LogP contribution in [0, 0.1) is 0 Å². The summed E-state index contributed by atoms with van der Waals surface area (Å²) in [5.41, 5.74) is 5.79. The van der Waals surface area contributed by atoms with E-state index in [4.69, 9.17) is 5.73 Å². The smallest absolute Gasteiger partial charge is 0.128 e. The Bertz CT molecular complexity index is 252. The van der Waals surface area contributed by atoms with Crippen molar-refractivity contribution in [2.24, 2.45) is 5.73 Å². The van der Waals surface area contributed by atoms with Gasteiger partial charge in [0.05, 0.1) is 0 Å². The average molecular weight is 200 g/mol. The van der Waals surface area contributed by atoms with Crippen molar-refractivity contribution in [1.29, 1.82) is 0 Å². The van der Waals surface area contributed by atoms with Gasteiger partial charge in [0.25, 0.3) is 0 Å². The molecule has 1 atom stereocenters. The molecule has 1 fully saturated rings. The third kappa shape index (κ3) is 2.32. The highest BCUT2D eigenvalue weighted by molar-refractivity contribution is 5.85. The van der Waals surface area contributed by atoms with E-state index in [0.29, 0.717) is 6.04 Å². The number of aromatic nitrogens is 1. The first kappa shape index (κ1) is 10.3. The normalized spacial score (nSPS) is 21.3. The third-order valence-corrected chi connectivity index (χ3v) is 2.20. The molecular weight excluding hydrogens is 186 g/mol. The van der Waals surface area contributed by atoms with Gasteiger partial charge in [0.1, 0.15) is 5.82 Å². The average Bonchev–Trinajstić information content (AvgIpc) is 2.54. The van der Waals surface area contributed by atoms with Crippen LogP contribution in [-0.2, 0) is 0 Å². The molecule has 0 bridgehead atoms. The van der Waals surface area contributed by atoms with Crippen molar-refractivity contribution in [2.45, 2.75) is 12.5 Å². The summed E-state index contributed by atoms with van der Waals surface area (Å²) in [6.07, 6.45) is 2.90. The van der Waals surface area contributed by atoms with Gasteiger partial charge in [-0.25, -0.2) is 4.98 Å². The number of pyridine rings is 1. The standard InChI is InChI=1S/C9H13N3.ClH/c10-8-4-6-12(7-8)9-3-1-2-5-11-9;/h1-3,5,8H,4,6-7,10H2;1H/t8-;/m1./s1. The number of rotatable bonds is 1. The molecule has 0 radical (unpaired) electrons. The quantitative estimate of drug-likeness (QED) is 0.735. The maximum Gasteiger partial charge on any atom is 0.128 e. The lowest BCUT2D eigenvalue weighted by Gasteiger charge is -2.15. The van der Waals surface area contributed by atoms with Crippen LogP contribution in [0.2, 0.25) is 0 Å². The number of hydrogen-bond acceptors (Lipinski definition) is 3. The third-order valence-electron chi connectivity index (χ3n) is 2.20. The monoisotopic (exact) mass is 199 g/mol. The van der Waals surface area contributed by atoms with Crippen molar-refractivity contribution >= 4 is 18.2 Å². The predicted molar refractivity (Wildman–Crippen MR) is 56.3 cm³/mol. The second kappa shape index (κ2) is 4.44. The molecule has 2 heterocycles. The maximum atomic E-state index is 5.79. The fraction of sp³-hybridized carbons (Fsp3) is 0.444. The van der Waals surface area contributed by atoms with Gasteiger partial charge in [-0.2, -0.15) is 0 Å². The van der Waals surface area contributed by atoms with E-state index in [1.54, 1.807) is 0 Å². The van der Waals surface area contributed by atoms with E-state index in [0.717, 1.165) is 25.3 Å². The van der Waals surface area contributed by atoms with E-state index >= 15 is 0 Å². The van der Waals surface area contributed by atoms with Crippen molar-refractivity contribution < 1.29 is 0 Å². The van der Waals surface area contributed by atoms with Crippen molar-refractivity contribution in [2.75, 3.05) is 18.0 Å². The minimum Gasteiger partial charge on any atom is -0.355 e. The number of nitrogens with two attached hydrogens (primary N) is 1. The van der Waals surface area contributed by atoms with Gasteiger partial charge in [-0.3, -0.25) is 0 Å². The Balaban J connectivity index is 0.000000845. The first-order chi connectivity index (χ1) is 5.86. The summed E-state index contributed by atoms with van der Waals surface area (Å²) in [6.45, 7) is 1.98. The Morgan fingerprint density at radius 1 is 1.46 bits per heavy atom. The lowest BCUT2D eigenvalue weighted by molar-refractivity contribution is 0.751. The van der Waals surface area contributed by atoms with E-state index in [9.17, 15) is 0 Å². The van der Waals surface area contributed by atoms with Gasteiger partial charge in [0, 0.05) is 25.3 Å². The van der Waals surface area contributed by atoms with Crippen LogP contribution in [0.25, 0.3) is 0 Å². The van der Waals surface area contributed by atoms with Crippen LogP contribution in [0.4, 0.5) is 5.82 Å². The van der Waals surface area contributed by atoms with Crippen LogP contribution in [0.5, 0.6) is 0 Å². The SMILES string of the molecule is Cl.N[C@@H]1CCN(c2ccccn2)C1. The molecule has 0 aromatic carbocycles. The molecule has 0 unspecified atom stereocenters. The molecule has 72 valence electrons. The van der Waals surface area contributed by atoms with Gasteiger partial charge in [-0.15, -0.1) is 12.4 Å². The van der Waals surface area contributed by atoms with Gasteiger partial charge in [-0.1, -0.05) is 6.07 Å². The van der Waals surface area contributed by atoms with Crippen molar-refractivity contribution in [1.82, 2.24) is 4.98 Å². The second-order valence-corrected chi connectivity index (χ2v) is 3.18. The molecule has 3 nitrogen and oxygen atoms in total. The summed E-state index contributed by atoms with van der Waals surface area (Å²) >= 11 is 0. The maximum absolute atomic E-state index is 5.79. The lowest BCUT2D eigenvalue weighted by Crippen LogP contribution is -2.26. The van der Waals surface area contributed by atoms with Crippen LogP contribution in [-0.4, -0.2) is 24.1 Å². The zero-order valence-electron chi connectivity index (χ0n) is 7.39. The van der Waals surface area contributed by atoms with Crippen molar-refractivity contribution in [3.05, 3.63) is 24.4 Å². The molecule has 1 aliphatic heterocycles. The first-order valence-electron chi connectivity index (χ1n) is 4.28. The molecule has 0 saturated carbocycles. The molecule has 1 aliphatic rings. The van der Waals surface area contributed by atoms with E-state index in [1.807, 2.05) is 24.4 Å². The Hall–Kier alpha value is -0.800. The number of anilines is 1. The minimum atomic E-state index is 0. The summed E-state index contributed by atoms with van der Waals surface area (Å²) in [7, 11) is 0. The Labute approximate surface area is 84.4 Å². The van der Waals surface area contributed by atoms with Crippen LogP contribution < -0.4 is 10.6 Å². The fourth-order valence-electron chi connectivity index (χ4n) is 1.54. The largest absolute Gasteiger partial charge is 0.355 e. The van der Waals surface area contributed by atoms with E-state index in [2.05, 4.69) is 9.88 Å². The number of hydrogen-bond donors (Lipinski definition) is 1. The number of nitrogens with zero attached hydrogens (tertiary/aromatic N) is 2. The summed E-state index contributed by atoms with van der Waals surface area (Å²) in [6, 6.07) is 6.29. The Morgan fingerprint density at radius 2 is 2.31 bits per heavy atom. The highest BCUT2D eigenvalue weighted by atomic mass is 35.5. The summed E-state index contributed by atoms with van der Waals surface area (Å²) < 4.78 is 0. The molecule has 1 aromatic heterocycles. The zero-order chi connectivity index (χ0) is 8.39. The molecule has 2 rings (SSSR count). The second-order valence-electron chi connectivity index (χ2n) is 3.18. The molecule has 0 aliphatic carbocycles. The predicted octanol–water partition coefficient (Wildman–Crippen LogP) is 1.04. The molecule has 1 aromatic rings. The summed E-state index contributed by atoms with van der Waals surface area (Å²) in [5.74, 6) is 1.05. The van der Waals surface area contributed by atoms with Gasteiger partial charge in [0.2, 0.25) is 0 Å². The summed E-state index contributed by atoms with van der Waals surface area (Å²) in [5, 5.41) is 0.